The summed E-state index contributed by atoms with van der Waals surface area (Å²) in [6, 6.07) is 16.4. The zero-order valence-electron chi connectivity index (χ0n) is 12.3. The normalized spacial score (nSPS) is 23.1. The van der Waals surface area contributed by atoms with Crippen LogP contribution < -0.4 is 4.90 Å². The lowest BCUT2D eigenvalue weighted by molar-refractivity contribution is -0.117. The van der Waals surface area contributed by atoms with Crippen molar-refractivity contribution in [2.45, 2.75) is 24.0 Å². The molecule has 0 spiro atoms. The molecule has 2 aromatic rings. The number of fused-ring (bicyclic) bond motifs is 1. The van der Waals surface area contributed by atoms with E-state index in [1.807, 2.05) is 48.4 Å². The third kappa shape index (κ3) is 2.15. The van der Waals surface area contributed by atoms with Crippen LogP contribution in [0.5, 0.6) is 0 Å². The van der Waals surface area contributed by atoms with Crippen molar-refractivity contribution in [3.8, 4) is 0 Å². The number of aliphatic imine (C=N–C) groups is 1. The molecule has 110 valence electrons. The molecule has 2 atom stereocenters. The first-order valence-electron chi connectivity index (χ1n) is 7.43. The van der Waals surface area contributed by atoms with Gasteiger partial charge in [0.15, 0.2) is 0 Å². The Morgan fingerprint density at radius 1 is 1.18 bits per heavy atom. The Kier molecular flexibility index (Phi) is 3.26. The molecule has 2 unspecified atom stereocenters. The van der Waals surface area contributed by atoms with Crippen LogP contribution in [0.1, 0.15) is 23.4 Å². The van der Waals surface area contributed by atoms with E-state index in [0.29, 0.717) is 0 Å². The van der Waals surface area contributed by atoms with Crippen LogP contribution in [-0.2, 0) is 11.2 Å². The van der Waals surface area contributed by atoms with Crippen LogP contribution >= 0.6 is 11.8 Å². The fraction of sp³-hybridized carbons (Fsp3) is 0.222. The molecule has 0 aliphatic carbocycles. The van der Waals surface area contributed by atoms with Crippen molar-refractivity contribution >= 4 is 35.3 Å². The Morgan fingerprint density at radius 2 is 2.00 bits per heavy atom. The van der Waals surface area contributed by atoms with E-state index in [4.69, 9.17) is 0 Å². The van der Waals surface area contributed by atoms with Gasteiger partial charge in [-0.3, -0.25) is 14.7 Å². The third-order valence-electron chi connectivity index (χ3n) is 4.12. The molecular formula is C18H16N2OS. The second kappa shape index (κ2) is 5.29. The molecule has 1 amide bonds. The molecule has 3 nitrogen and oxygen atoms in total. The number of benzene rings is 2. The predicted molar refractivity (Wildman–Crippen MR) is 92.0 cm³/mol. The molecular weight excluding hydrogens is 292 g/mol. The summed E-state index contributed by atoms with van der Waals surface area (Å²) in [4.78, 5) is 18.9. The van der Waals surface area contributed by atoms with Gasteiger partial charge in [-0.15, -0.1) is 11.8 Å². The van der Waals surface area contributed by atoms with E-state index in [2.05, 4.69) is 23.2 Å². The van der Waals surface area contributed by atoms with E-state index in [1.54, 1.807) is 11.8 Å². The first kappa shape index (κ1) is 13.6. The van der Waals surface area contributed by atoms with Crippen molar-refractivity contribution in [3.63, 3.8) is 0 Å². The van der Waals surface area contributed by atoms with Gasteiger partial charge in [0.1, 0.15) is 5.37 Å². The summed E-state index contributed by atoms with van der Waals surface area (Å²) in [6.07, 6.45) is 2.77. The minimum atomic E-state index is -0.0188. The highest BCUT2D eigenvalue weighted by Gasteiger charge is 2.39. The zero-order chi connectivity index (χ0) is 15.1. The standard InChI is InChI=1S/C18H16N2OS/c1-12-17(21)20(18(22-12)13-5-3-2-4-6-13)15-7-8-16-14(11-15)9-10-19-16/h2-8,10-12,18H,9H2,1H3. The van der Waals surface area contributed by atoms with Gasteiger partial charge in [-0.2, -0.15) is 0 Å². The van der Waals surface area contributed by atoms with Gasteiger partial charge in [-0.05, 0) is 36.2 Å². The summed E-state index contributed by atoms with van der Waals surface area (Å²) in [5.74, 6) is 0.178. The summed E-state index contributed by atoms with van der Waals surface area (Å²) >= 11 is 1.71. The third-order valence-corrected chi connectivity index (χ3v) is 5.47. The molecule has 1 fully saturated rings. The average Bonchev–Trinajstić information content (AvgIpc) is 3.13. The average molecular weight is 308 g/mol. The lowest BCUT2D eigenvalue weighted by atomic mass is 10.1. The fourth-order valence-corrected chi connectivity index (χ4v) is 4.26. The van der Waals surface area contributed by atoms with E-state index in [0.717, 1.165) is 17.8 Å². The van der Waals surface area contributed by atoms with Gasteiger partial charge in [0.05, 0.1) is 10.9 Å². The molecule has 4 heteroatoms. The number of amides is 1. The number of nitrogens with zero attached hydrogens (tertiary/aromatic N) is 2. The molecule has 0 N–H and O–H groups in total. The topological polar surface area (TPSA) is 32.7 Å². The lowest BCUT2D eigenvalue weighted by Crippen LogP contribution is -2.30. The Hall–Kier alpha value is -2.07. The maximum absolute atomic E-state index is 12.7. The summed E-state index contributed by atoms with van der Waals surface area (Å²) < 4.78 is 0. The van der Waals surface area contributed by atoms with Crippen molar-refractivity contribution in [1.29, 1.82) is 0 Å². The quantitative estimate of drug-likeness (QED) is 0.836. The van der Waals surface area contributed by atoms with Gasteiger partial charge in [-0.25, -0.2) is 0 Å². The van der Waals surface area contributed by atoms with E-state index >= 15 is 0 Å². The first-order valence-corrected chi connectivity index (χ1v) is 8.37. The Bertz CT molecular complexity index is 757. The van der Waals surface area contributed by atoms with Crippen LogP contribution in [0.2, 0.25) is 0 Å². The van der Waals surface area contributed by atoms with E-state index in [9.17, 15) is 4.79 Å². The van der Waals surface area contributed by atoms with Crippen LogP contribution in [0.3, 0.4) is 0 Å². The monoisotopic (exact) mass is 308 g/mol. The minimum Gasteiger partial charge on any atom is -0.295 e. The van der Waals surface area contributed by atoms with Gasteiger partial charge in [0.2, 0.25) is 5.91 Å². The van der Waals surface area contributed by atoms with E-state index in [1.165, 1.54) is 11.1 Å². The van der Waals surface area contributed by atoms with Crippen LogP contribution in [0.4, 0.5) is 11.4 Å². The molecule has 2 aromatic carbocycles. The number of hydrogen-bond acceptors (Lipinski definition) is 3. The van der Waals surface area contributed by atoms with E-state index < -0.39 is 0 Å². The van der Waals surface area contributed by atoms with Crippen LogP contribution in [0.25, 0.3) is 0 Å². The Morgan fingerprint density at radius 3 is 2.82 bits per heavy atom. The number of anilines is 1. The number of carbonyl (C=O) groups is 1. The van der Waals surface area contributed by atoms with Crippen LogP contribution in [0.15, 0.2) is 53.5 Å². The molecule has 0 bridgehead atoms. The van der Waals surface area contributed by atoms with Gasteiger partial charge in [-0.1, -0.05) is 30.3 Å². The Balaban J connectivity index is 1.75. The molecule has 0 radical (unpaired) electrons. The predicted octanol–water partition coefficient (Wildman–Crippen LogP) is 4.11. The van der Waals surface area contributed by atoms with Crippen molar-refractivity contribution in [2.75, 3.05) is 4.90 Å². The number of hydrogen-bond donors (Lipinski definition) is 0. The van der Waals surface area contributed by atoms with Crippen LogP contribution in [0, 0.1) is 0 Å². The highest BCUT2D eigenvalue weighted by atomic mass is 32.2. The number of rotatable bonds is 2. The van der Waals surface area contributed by atoms with Crippen molar-refractivity contribution < 1.29 is 4.79 Å². The summed E-state index contributed by atoms with van der Waals surface area (Å²) in [7, 11) is 0. The van der Waals surface area contributed by atoms with Crippen LogP contribution in [-0.4, -0.2) is 17.4 Å². The summed E-state index contributed by atoms with van der Waals surface area (Å²) in [5, 5.41) is 0.0267. The van der Waals surface area contributed by atoms with Gasteiger partial charge < -0.3 is 0 Å². The molecule has 2 aliphatic rings. The molecule has 0 aromatic heterocycles. The highest BCUT2D eigenvalue weighted by molar-refractivity contribution is 8.01. The second-order valence-corrected chi connectivity index (χ2v) is 7.00. The zero-order valence-corrected chi connectivity index (χ0v) is 13.1. The maximum Gasteiger partial charge on any atom is 0.241 e. The molecule has 4 rings (SSSR count). The largest absolute Gasteiger partial charge is 0.295 e. The van der Waals surface area contributed by atoms with Gasteiger partial charge >= 0.3 is 0 Å². The highest BCUT2D eigenvalue weighted by Crippen LogP contribution is 2.46. The van der Waals surface area contributed by atoms with E-state index in [-0.39, 0.29) is 16.5 Å². The van der Waals surface area contributed by atoms with Crippen molar-refractivity contribution in [2.24, 2.45) is 4.99 Å². The minimum absolute atomic E-state index is 0.0188. The van der Waals surface area contributed by atoms with Crippen molar-refractivity contribution in [3.05, 3.63) is 59.7 Å². The SMILES string of the molecule is CC1SC(c2ccccc2)N(c2ccc3c(c2)CC=N3)C1=O. The molecule has 2 aliphatic heterocycles. The van der Waals surface area contributed by atoms with Gasteiger partial charge in [0, 0.05) is 18.3 Å². The molecule has 1 saturated heterocycles. The Labute approximate surface area is 134 Å². The molecule has 22 heavy (non-hydrogen) atoms. The smallest absolute Gasteiger partial charge is 0.241 e. The summed E-state index contributed by atoms with van der Waals surface area (Å²) in [6.45, 7) is 1.99. The molecule has 2 heterocycles. The lowest BCUT2D eigenvalue weighted by Gasteiger charge is -2.24. The molecule has 0 saturated carbocycles. The second-order valence-electron chi connectivity index (χ2n) is 5.58. The van der Waals surface area contributed by atoms with Crippen molar-refractivity contribution in [1.82, 2.24) is 0 Å². The number of carbonyl (C=O) groups excluding carboxylic acids is 1. The number of thioether (sulfide) groups is 1. The fourth-order valence-electron chi connectivity index (χ4n) is 2.99. The van der Waals surface area contributed by atoms with Gasteiger partial charge in [0.25, 0.3) is 0 Å². The first-order chi connectivity index (χ1) is 10.7. The summed E-state index contributed by atoms with van der Waals surface area (Å²) in [5.41, 5.74) is 4.36. The maximum atomic E-state index is 12.7.